The second-order valence-electron chi connectivity index (χ2n) is 5.87. The standard InChI is InChI=1S/C14H24N6S/c1-8(2)11(7-20(4)5)16-12-10-6-9(3)21-13(10)18-14(17-12)19-15/h6,8,11H,7,15H2,1-5H3,(H2,16,17,18,19). The number of rotatable bonds is 6. The maximum absolute atomic E-state index is 5.48. The van der Waals surface area contributed by atoms with E-state index in [-0.39, 0.29) is 0 Å². The molecule has 0 bridgehead atoms. The molecule has 116 valence electrons. The summed E-state index contributed by atoms with van der Waals surface area (Å²) < 4.78 is 0. The van der Waals surface area contributed by atoms with E-state index in [0.717, 1.165) is 22.6 Å². The van der Waals surface area contributed by atoms with E-state index in [2.05, 4.69) is 66.5 Å². The van der Waals surface area contributed by atoms with Crippen molar-refractivity contribution >= 4 is 33.3 Å². The first kappa shape index (κ1) is 15.9. The number of aromatic nitrogens is 2. The molecule has 0 amide bonds. The molecule has 2 heterocycles. The summed E-state index contributed by atoms with van der Waals surface area (Å²) in [6.45, 7) is 7.43. The third-order valence-corrected chi connectivity index (χ3v) is 4.28. The molecule has 2 aromatic heterocycles. The van der Waals surface area contributed by atoms with Gasteiger partial charge >= 0.3 is 0 Å². The minimum atomic E-state index is 0.309. The number of likely N-dealkylation sites (N-methyl/N-ethyl adjacent to an activating group) is 1. The van der Waals surface area contributed by atoms with Gasteiger partial charge < -0.3 is 10.2 Å². The minimum Gasteiger partial charge on any atom is -0.365 e. The van der Waals surface area contributed by atoms with Crippen LogP contribution in [0.4, 0.5) is 11.8 Å². The van der Waals surface area contributed by atoms with Gasteiger partial charge in [-0.15, -0.1) is 11.3 Å². The summed E-state index contributed by atoms with van der Waals surface area (Å²) >= 11 is 1.65. The van der Waals surface area contributed by atoms with Gasteiger partial charge in [-0.05, 0) is 33.0 Å². The molecule has 0 saturated carbocycles. The van der Waals surface area contributed by atoms with Gasteiger partial charge in [-0.2, -0.15) is 4.98 Å². The highest BCUT2D eigenvalue weighted by atomic mass is 32.1. The van der Waals surface area contributed by atoms with Crippen molar-refractivity contribution in [3.05, 3.63) is 10.9 Å². The van der Waals surface area contributed by atoms with Gasteiger partial charge in [0.05, 0.1) is 5.39 Å². The van der Waals surface area contributed by atoms with E-state index in [1.54, 1.807) is 11.3 Å². The molecule has 0 spiro atoms. The normalized spacial score (nSPS) is 13.1. The number of hydrogen-bond acceptors (Lipinski definition) is 7. The van der Waals surface area contributed by atoms with E-state index >= 15 is 0 Å². The Labute approximate surface area is 129 Å². The highest BCUT2D eigenvalue weighted by Gasteiger charge is 2.18. The summed E-state index contributed by atoms with van der Waals surface area (Å²) in [5.74, 6) is 7.26. The predicted octanol–water partition coefficient (Wildman–Crippen LogP) is 2.28. The zero-order valence-electron chi connectivity index (χ0n) is 13.3. The molecule has 2 aromatic rings. The zero-order valence-corrected chi connectivity index (χ0v) is 14.1. The van der Waals surface area contributed by atoms with Crippen molar-refractivity contribution in [3.63, 3.8) is 0 Å². The van der Waals surface area contributed by atoms with Gasteiger partial charge in [0, 0.05) is 17.5 Å². The van der Waals surface area contributed by atoms with Crippen LogP contribution in [-0.4, -0.2) is 41.5 Å². The van der Waals surface area contributed by atoms with E-state index in [1.165, 1.54) is 4.88 Å². The Morgan fingerprint density at radius 3 is 2.62 bits per heavy atom. The number of aryl methyl sites for hydroxylation is 1. The van der Waals surface area contributed by atoms with Gasteiger partial charge in [0.2, 0.25) is 5.95 Å². The average molecular weight is 308 g/mol. The van der Waals surface area contributed by atoms with Crippen molar-refractivity contribution in [2.45, 2.75) is 26.8 Å². The molecule has 0 aliphatic heterocycles. The van der Waals surface area contributed by atoms with E-state index in [1.807, 2.05) is 0 Å². The van der Waals surface area contributed by atoms with Crippen LogP contribution in [0.3, 0.4) is 0 Å². The van der Waals surface area contributed by atoms with Crippen LogP contribution in [0.1, 0.15) is 18.7 Å². The Hall–Kier alpha value is -1.44. The van der Waals surface area contributed by atoms with Crippen LogP contribution in [0, 0.1) is 12.8 Å². The van der Waals surface area contributed by atoms with Crippen LogP contribution in [0.15, 0.2) is 6.07 Å². The Morgan fingerprint density at radius 1 is 1.33 bits per heavy atom. The topological polar surface area (TPSA) is 79.1 Å². The van der Waals surface area contributed by atoms with E-state index in [0.29, 0.717) is 17.9 Å². The maximum Gasteiger partial charge on any atom is 0.240 e. The maximum atomic E-state index is 5.48. The number of fused-ring (bicyclic) bond motifs is 1. The number of nitrogens with one attached hydrogen (secondary N) is 2. The van der Waals surface area contributed by atoms with E-state index in [4.69, 9.17) is 5.84 Å². The number of hydrazine groups is 1. The fraction of sp³-hybridized carbons (Fsp3) is 0.571. The molecule has 0 saturated heterocycles. The number of nitrogens with two attached hydrogens (primary N) is 1. The molecular weight excluding hydrogens is 284 g/mol. The molecule has 0 radical (unpaired) electrons. The fourth-order valence-corrected chi connectivity index (χ4v) is 3.09. The summed E-state index contributed by atoms with van der Waals surface area (Å²) in [7, 11) is 4.16. The van der Waals surface area contributed by atoms with Gasteiger partial charge in [0.15, 0.2) is 0 Å². The molecule has 0 aliphatic carbocycles. The molecule has 7 heteroatoms. The first-order valence-corrected chi connectivity index (χ1v) is 7.88. The second-order valence-corrected chi connectivity index (χ2v) is 7.11. The van der Waals surface area contributed by atoms with Crippen molar-refractivity contribution in [3.8, 4) is 0 Å². The third-order valence-electron chi connectivity index (χ3n) is 3.33. The van der Waals surface area contributed by atoms with Crippen molar-refractivity contribution in [1.82, 2.24) is 14.9 Å². The van der Waals surface area contributed by atoms with Gasteiger partial charge in [-0.25, -0.2) is 10.8 Å². The quantitative estimate of drug-likeness (QED) is 0.561. The molecule has 1 unspecified atom stereocenters. The number of nitrogen functional groups attached to an aromatic ring is 1. The monoisotopic (exact) mass is 308 g/mol. The van der Waals surface area contributed by atoms with Crippen molar-refractivity contribution in [2.24, 2.45) is 11.8 Å². The Bertz CT molecular complexity index is 607. The van der Waals surface area contributed by atoms with Crippen LogP contribution in [0.5, 0.6) is 0 Å². The summed E-state index contributed by atoms with van der Waals surface area (Å²) in [5, 5.41) is 4.62. The molecule has 2 rings (SSSR count). The number of nitrogens with zero attached hydrogens (tertiary/aromatic N) is 3. The lowest BCUT2D eigenvalue weighted by molar-refractivity contribution is 0.344. The number of thiophene rings is 1. The summed E-state index contributed by atoms with van der Waals surface area (Å²) in [6.07, 6.45) is 0. The molecule has 4 N–H and O–H groups in total. The van der Waals surface area contributed by atoms with Crippen LogP contribution >= 0.6 is 11.3 Å². The lowest BCUT2D eigenvalue weighted by Crippen LogP contribution is -2.36. The zero-order chi connectivity index (χ0) is 15.6. The minimum absolute atomic E-state index is 0.309. The summed E-state index contributed by atoms with van der Waals surface area (Å²) in [4.78, 5) is 13.2. The molecule has 0 aliphatic rings. The van der Waals surface area contributed by atoms with Crippen LogP contribution in [-0.2, 0) is 0 Å². The third kappa shape index (κ3) is 3.81. The van der Waals surface area contributed by atoms with Crippen molar-refractivity contribution < 1.29 is 0 Å². The van der Waals surface area contributed by atoms with Gasteiger partial charge in [0.1, 0.15) is 10.6 Å². The van der Waals surface area contributed by atoms with Crippen LogP contribution in [0.25, 0.3) is 10.2 Å². The van der Waals surface area contributed by atoms with Crippen LogP contribution < -0.4 is 16.6 Å². The van der Waals surface area contributed by atoms with Crippen molar-refractivity contribution in [2.75, 3.05) is 31.4 Å². The molecular formula is C14H24N6S. The van der Waals surface area contributed by atoms with E-state index < -0.39 is 0 Å². The first-order valence-electron chi connectivity index (χ1n) is 7.06. The van der Waals surface area contributed by atoms with Crippen molar-refractivity contribution in [1.29, 1.82) is 0 Å². The highest BCUT2D eigenvalue weighted by molar-refractivity contribution is 7.18. The molecule has 1 atom stereocenters. The second kappa shape index (κ2) is 6.55. The predicted molar refractivity (Wildman–Crippen MR) is 90.8 cm³/mol. The molecule has 0 aromatic carbocycles. The number of anilines is 2. The average Bonchev–Trinajstić information content (AvgIpc) is 2.77. The Morgan fingerprint density at radius 2 is 2.05 bits per heavy atom. The SMILES string of the molecule is Cc1cc2c(NC(CN(C)C)C(C)C)nc(NN)nc2s1. The Kier molecular flexibility index (Phi) is 4.97. The smallest absolute Gasteiger partial charge is 0.240 e. The first-order chi connectivity index (χ1) is 9.90. The van der Waals surface area contributed by atoms with Gasteiger partial charge in [0.25, 0.3) is 0 Å². The molecule has 0 fully saturated rings. The summed E-state index contributed by atoms with van der Waals surface area (Å²) in [6, 6.07) is 2.43. The fourth-order valence-electron chi connectivity index (χ4n) is 2.21. The lowest BCUT2D eigenvalue weighted by Gasteiger charge is -2.26. The van der Waals surface area contributed by atoms with Crippen LogP contribution in [0.2, 0.25) is 0 Å². The lowest BCUT2D eigenvalue weighted by atomic mass is 10.0. The van der Waals surface area contributed by atoms with Gasteiger partial charge in [-0.3, -0.25) is 5.43 Å². The van der Waals surface area contributed by atoms with E-state index in [9.17, 15) is 0 Å². The van der Waals surface area contributed by atoms with Gasteiger partial charge in [-0.1, -0.05) is 13.8 Å². The number of hydrogen-bond donors (Lipinski definition) is 3. The largest absolute Gasteiger partial charge is 0.365 e. The molecule has 21 heavy (non-hydrogen) atoms. The highest BCUT2D eigenvalue weighted by Crippen LogP contribution is 2.30. The summed E-state index contributed by atoms with van der Waals surface area (Å²) in [5.41, 5.74) is 2.55. The Balaban J connectivity index is 2.38. The molecule has 6 nitrogen and oxygen atoms in total.